The number of hydrogen-bond donors (Lipinski definition) is 0. The van der Waals surface area contributed by atoms with E-state index in [-0.39, 0.29) is 0 Å². The summed E-state index contributed by atoms with van der Waals surface area (Å²) in [6.07, 6.45) is 2.78. The molecule has 1 aromatic heterocycles. The van der Waals surface area contributed by atoms with E-state index in [4.69, 9.17) is 0 Å². The number of hydrogen-bond acceptors (Lipinski definition) is 3. The zero-order valence-corrected chi connectivity index (χ0v) is 12.3. The van der Waals surface area contributed by atoms with Crippen molar-refractivity contribution < 1.29 is 0 Å². The molecule has 0 radical (unpaired) electrons. The first kappa shape index (κ1) is 13.4. The van der Waals surface area contributed by atoms with E-state index in [2.05, 4.69) is 40.0 Å². The van der Waals surface area contributed by atoms with Crippen molar-refractivity contribution in [3.05, 3.63) is 60.7 Å². The number of allylic oxidation sites excluding steroid dienone is 1. The van der Waals surface area contributed by atoms with Crippen molar-refractivity contribution in [2.45, 2.75) is 6.42 Å². The first-order valence-corrected chi connectivity index (χ1v) is 6.92. The van der Waals surface area contributed by atoms with Crippen LogP contribution < -0.4 is 4.90 Å². The standard InChI is InChI=1S/C17H18N4/c1-4-7-13-10-11-14(12-17(13)20(2)3)21-16-9-6-5-8-15(16)18-19-21/h4-6,8-12H,1,7H2,2-3H3. The van der Waals surface area contributed by atoms with Gasteiger partial charge >= 0.3 is 0 Å². The Kier molecular flexibility index (Phi) is 3.44. The molecule has 1 heterocycles. The number of anilines is 1. The van der Waals surface area contributed by atoms with Crippen LogP contribution in [-0.4, -0.2) is 29.1 Å². The van der Waals surface area contributed by atoms with E-state index in [9.17, 15) is 0 Å². The van der Waals surface area contributed by atoms with E-state index in [0.717, 1.165) is 23.1 Å². The lowest BCUT2D eigenvalue weighted by molar-refractivity contribution is 0.823. The normalized spacial score (nSPS) is 10.8. The lowest BCUT2D eigenvalue weighted by atomic mass is 10.1. The molecule has 0 aliphatic rings. The highest BCUT2D eigenvalue weighted by molar-refractivity contribution is 5.76. The molecule has 4 nitrogen and oxygen atoms in total. The highest BCUT2D eigenvalue weighted by Gasteiger charge is 2.09. The molecule has 0 unspecified atom stereocenters. The van der Waals surface area contributed by atoms with Gasteiger partial charge in [-0.15, -0.1) is 11.7 Å². The second-order valence-electron chi connectivity index (χ2n) is 5.19. The Morgan fingerprint density at radius 3 is 2.76 bits per heavy atom. The maximum absolute atomic E-state index is 4.27. The van der Waals surface area contributed by atoms with Crippen LogP contribution in [0.15, 0.2) is 55.1 Å². The molecule has 0 atom stereocenters. The number of fused-ring (bicyclic) bond motifs is 1. The van der Waals surface area contributed by atoms with Gasteiger partial charge in [-0.1, -0.05) is 29.5 Å². The van der Waals surface area contributed by atoms with Gasteiger partial charge in [-0.05, 0) is 36.2 Å². The quantitative estimate of drug-likeness (QED) is 0.687. The van der Waals surface area contributed by atoms with Crippen LogP contribution in [0.4, 0.5) is 5.69 Å². The smallest absolute Gasteiger partial charge is 0.113 e. The zero-order chi connectivity index (χ0) is 14.8. The van der Waals surface area contributed by atoms with Crippen LogP contribution in [0.5, 0.6) is 0 Å². The molecule has 0 aliphatic heterocycles. The third kappa shape index (κ3) is 2.40. The number of rotatable bonds is 4. The second-order valence-corrected chi connectivity index (χ2v) is 5.19. The average molecular weight is 278 g/mol. The monoisotopic (exact) mass is 278 g/mol. The Hall–Kier alpha value is -2.62. The van der Waals surface area contributed by atoms with Gasteiger partial charge in [0.05, 0.1) is 11.2 Å². The average Bonchev–Trinajstić information content (AvgIpc) is 2.92. The van der Waals surface area contributed by atoms with Gasteiger partial charge in [0.2, 0.25) is 0 Å². The van der Waals surface area contributed by atoms with Crippen LogP contribution in [0.25, 0.3) is 16.7 Å². The Morgan fingerprint density at radius 1 is 1.19 bits per heavy atom. The van der Waals surface area contributed by atoms with Gasteiger partial charge in [-0.3, -0.25) is 0 Å². The van der Waals surface area contributed by atoms with E-state index in [0.29, 0.717) is 0 Å². The predicted octanol–water partition coefficient (Wildman–Crippen LogP) is 3.22. The Labute approximate surface area is 124 Å². The highest BCUT2D eigenvalue weighted by atomic mass is 15.4. The van der Waals surface area contributed by atoms with Crippen molar-refractivity contribution in [1.29, 1.82) is 0 Å². The topological polar surface area (TPSA) is 34.0 Å². The van der Waals surface area contributed by atoms with Crippen molar-refractivity contribution in [2.75, 3.05) is 19.0 Å². The third-order valence-electron chi connectivity index (χ3n) is 3.51. The van der Waals surface area contributed by atoms with Crippen LogP contribution >= 0.6 is 0 Å². The van der Waals surface area contributed by atoms with E-state index >= 15 is 0 Å². The molecule has 3 aromatic rings. The molecule has 0 spiro atoms. The molecule has 21 heavy (non-hydrogen) atoms. The van der Waals surface area contributed by atoms with Gasteiger partial charge in [0, 0.05) is 19.8 Å². The summed E-state index contributed by atoms with van der Waals surface area (Å²) in [5.74, 6) is 0. The van der Waals surface area contributed by atoms with Crippen molar-refractivity contribution in [2.24, 2.45) is 0 Å². The molecule has 3 rings (SSSR count). The molecule has 0 aliphatic carbocycles. The highest BCUT2D eigenvalue weighted by Crippen LogP contribution is 2.25. The fraction of sp³-hybridized carbons (Fsp3) is 0.176. The molecule has 2 aromatic carbocycles. The molecule has 0 saturated carbocycles. The molecule has 0 bridgehead atoms. The fourth-order valence-electron chi connectivity index (χ4n) is 2.49. The zero-order valence-electron chi connectivity index (χ0n) is 12.3. The summed E-state index contributed by atoms with van der Waals surface area (Å²) in [6.45, 7) is 3.82. The Balaban J connectivity index is 2.14. The SMILES string of the molecule is C=CCc1ccc(-n2nnc3ccccc32)cc1N(C)C. The Morgan fingerprint density at radius 2 is 2.00 bits per heavy atom. The van der Waals surface area contributed by atoms with E-state index in [1.165, 1.54) is 11.3 Å². The van der Waals surface area contributed by atoms with Gasteiger partial charge in [-0.25, -0.2) is 4.68 Å². The lowest BCUT2D eigenvalue weighted by Crippen LogP contribution is -2.12. The summed E-state index contributed by atoms with van der Waals surface area (Å²) in [6, 6.07) is 14.3. The summed E-state index contributed by atoms with van der Waals surface area (Å²) in [7, 11) is 4.09. The lowest BCUT2D eigenvalue weighted by Gasteiger charge is -2.18. The number of nitrogens with zero attached hydrogens (tertiary/aromatic N) is 4. The molecular formula is C17H18N4. The van der Waals surface area contributed by atoms with Crippen LogP contribution in [0.3, 0.4) is 0 Å². The largest absolute Gasteiger partial charge is 0.377 e. The van der Waals surface area contributed by atoms with Gasteiger partial charge in [0.25, 0.3) is 0 Å². The van der Waals surface area contributed by atoms with Crippen molar-refractivity contribution in [1.82, 2.24) is 15.0 Å². The molecule has 0 fully saturated rings. The van der Waals surface area contributed by atoms with Gasteiger partial charge in [-0.2, -0.15) is 0 Å². The first-order valence-electron chi connectivity index (χ1n) is 6.92. The Bertz CT molecular complexity index is 786. The van der Waals surface area contributed by atoms with Crippen molar-refractivity contribution in [3.63, 3.8) is 0 Å². The van der Waals surface area contributed by atoms with Crippen molar-refractivity contribution >= 4 is 16.7 Å². The van der Waals surface area contributed by atoms with E-state index in [1.807, 2.05) is 49.1 Å². The van der Waals surface area contributed by atoms with E-state index in [1.54, 1.807) is 0 Å². The van der Waals surface area contributed by atoms with Crippen molar-refractivity contribution in [3.8, 4) is 5.69 Å². The molecular weight excluding hydrogens is 260 g/mol. The predicted molar refractivity (Wildman–Crippen MR) is 87.1 cm³/mol. The maximum Gasteiger partial charge on any atom is 0.113 e. The third-order valence-corrected chi connectivity index (χ3v) is 3.51. The van der Waals surface area contributed by atoms with Gasteiger partial charge < -0.3 is 4.90 Å². The van der Waals surface area contributed by atoms with Crippen LogP contribution in [0.2, 0.25) is 0 Å². The maximum atomic E-state index is 4.27. The fourth-order valence-corrected chi connectivity index (χ4v) is 2.49. The summed E-state index contributed by atoms with van der Waals surface area (Å²) < 4.78 is 1.88. The van der Waals surface area contributed by atoms with Gasteiger partial charge in [0.1, 0.15) is 5.52 Å². The molecule has 4 heteroatoms. The molecule has 0 saturated heterocycles. The molecule has 106 valence electrons. The van der Waals surface area contributed by atoms with Crippen LogP contribution in [0, 0.1) is 0 Å². The summed E-state index contributed by atoms with van der Waals surface area (Å²) in [4.78, 5) is 2.11. The minimum atomic E-state index is 0.853. The van der Waals surface area contributed by atoms with Crippen LogP contribution in [0.1, 0.15) is 5.56 Å². The van der Waals surface area contributed by atoms with Crippen LogP contribution in [-0.2, 0) is 6.42 Å². The molecule has 0 N–H and O–H groups in total. The van der Waals surface area contributed by atoms with E-state index < -0.39 is 0 Å². The summed E-state index contributed by atoms with van der Waals surface area (Å²) in [5, 5.41) is 8.48. The number of benzene rings is 2. The molecule has 0 amide bonds. The number of para-hydroxylation sites is 1. The minimum Gasteiger partial charge on any atom is -0.377 e. The summed E-state index contributed by atoms with van der Waals surface area (Å²) >= 11 is 0. The van der Waals surface area contributed by atoms with Gasteiger partial charge in [0.15, 0.2) is 0 Å². The summed E-state index contributed by atoms with van der Waals surface area (Å²) in [5.41, 5.74) is 5.35. The number of aromatic nitrogens is 3. The first-order chi connectivity index (χ1) is 10.2. The second kappa shape index (κ2) is 5.40. The minimum absolute atomic E-state index is 0.853.